The summed E-state index contributed by atoms with van der Waals surface area (Å²) in [5.74, 6) is 0.123. The third kappa shape index (κ3) is 7.65. The van der Waals surface area contributed by atoms with Crippen molar-refractivity contribution in [3.8, 4) is 0 Å². The van der Waals surface area contributed by atoms with E-state index in [1.807, 2.05) is 39.0 Å². The lowest BCUT2D eigenvalue weighted by Gasteiger charge is -2.31. The van der Waals surface area contributed by atoms with Gasteiger partial charge in [-0.1, -0.05) is 41.9 Å². The molecule has 0 saturated carbocycles. The van der Waals surface area contributed by atoms with Gasteiger partial charge in [0.2, 0.25) is 11.8 Å². The molecule has 0 fully saturated rings. The molecule has 162 valence electrons. The smallest absolute Gasteiger partial charge is 0.242 e. The van der Waals surface area contributed by atoms with Gasteiger partial charge in [0, 0.05) is 22.9 Å². The lowest BCUT2D eigenvalue weighted by atomic mass is 10.1. The molecule has 2 amide bonds. The molecule has 0 aliphatic rings. The van der Waals surface area contributed by atoms with E-state index in [1.165, 1.54) is 23.9 Å². The number of nitrogens with one attached hydrogen (secondary N) is 1. The van der Waals surface area contributed by atoms with Crippen molar-refractivity contribution in [2.24, 2.45) is 0 Å². The third-order valence-corrected chi connectivity index (χ3v) is 5.73. The first-order chi connectivity index (χ1) is 14.1. The zero-order chi connectivity index (χ0) is 22.3. The van der Waals surface area contributed by atoms with Gasteiger partial charge in [-0.3, -0.25) is 9.59 Å². The summed E-state index contributed by atoms with van der Waals surface area (Å²) in [7, 11) is 0. The molecule has 0 saturated heterocycles. The Morgan fingerprint density at radius 2 is 1.77 bits per heavy atom. The van der Waals surface area contributed by atoms with E-state index in [9.17, 15) is 14.0 Å². The van der Waals surface area contributed by atoms with Crippen LogP contribution in [0.15, 0.2) is 48.5 Å². The zero-order valence-corrected chi connectivity index (χ0v) is 19.3. The molecule has 0 aliphatic heterocycles. The van der Waals surface area contributed by atoms with Gasteiger partial charge in [-0.15, -0.1) is 11.8 Å². The van der Waals surface area contributed by atoms with Gasteiger partial charge in [0.05, 0.1) is 5.75 Å². The molecular weight excluding hydrogens is 423 g/mol. The Morgan fingerprint density at radius 1 is 1.13 bits per heavy atom. The van der Waals surface area contributed by atoms with E-state index in [0.717, 1.165) is 11.1 Å². The number of carbonyl (C=O) groups is 2. The zero-order valence-electron chi connectivity index (χ0n) is 17.7. The molecule has 2 aromatic carbocycles. The van der Waals surface area contributed by atoms with Gasteiger partial charge in [-0.2, -0.15) is 0 Å². The second kappa shape index (κ2) is 10.8. The van der Waals surface area contributed by atoms with E-state index < -0.39 is 11.6 Å². The molecule has 0 spiro atoms. The van der Waals surface area contributed by atoms with Crippen LogP contribution in [0.3, 0.4) is 0 Å². The van der Waals surface area contributed by atoms with Crippen LogP contribution in [-0.4, -0.2) is 34.0 Å². The van der Waals surface area contributed by atoms with Crippen molar-refractivity contribution < 1.29 is 14.0 Å². The number of hydrogen-bond acceptors (Lipinski definition) is 3. The number of rotatable bonds is 8. The van der Waals surface area contributed by atoms with Gasteiger partial charge >= 0.3 is 0 Å². The summed E-state index contributed by atoms with van der Waals surface area (Å²) in [6, 6.07) is 12.9. The minimum atomic E-state index is -0.653. The molecule has 0 heterocycles. The van der Waals surface area contributed by atoms with Crippen LogP contribution in [-0.2, 0) is 21.9 Å². The van der Waals surface area contributed by atoms with E-state index in [0.29, 0.717) is 10.8 Å². The molecule has 2 aromatic rings. The highest BCUT2D eigenvalue weighted by Crippen LogP contribution is 2.21. The van der Waals surface area contributed by atoms with Crippen LogP contribution >= 0.6 is 23.4 Å². The third-order valence-electron chi connectivity index (χ3n) is 4.37. The number of hydrogen-bond donors (Lipinski definition) is 1. The van der Waals surface area contributed by atoms with E-state index in [1.54, 1.807) is 30.0 Å². The summed E-state index contributed by atoms with van der Waals surface area (Å²) >= 11 is 7.71. The average molecular weight is 451 g/mol. The van der Waals surface area contributed by atoms with Crippen LogP contribution in [0.2, 0.25) is 5.02 Å². The standard InChI is InChI=1S/C23H28ClFN2O2S/c1-16(22(29)26-23(2,3)4)27(13-18-7-5-6-8-20(18)24)21(28)15-30-14-17-9-11-19(25)12-10-17/h5-12,16H,13-15H2,1-4H3,(H,26,29)/t16-/m1/s1. The highest BCUT2D eigenvalue weighted by Gasteiger charge is 2.28. The Hall–Kier alpha value is -2.05. The monoisotopic (exact) mass is 450 g/mol. The van der Waals surface area contributed by atoms with Crippen molar-refractivity contribution in [1.82, 2.24) is 10.2 Å². The maximum Gasteiger partial charge on any atom is 0.242 e. The number of carbonyl (C=O) groups excluding carboxylic acids is 2. The summed E-state index contributed by atoms with van der Waals surface area (Å²) in [4.78, 5) is 27.3. The van der Waals surface area contributed by atoms with Crippen LogP contribution in [0, 0.1) is 5.82 Å². The fourth-order valence-corrected chi connectivity index (χ4v) is 3.85. The summed E-state index contributed by atoms with van der Waals surface area (Å²) in [5.41, 5.74) is 1.32. The highest BCUT2D eigenvalue weighted by molar-refractivity contribution is 7.99. The van der Waals surface area contributed by atoms with Crippen molar-refractivity contribution in [3.63, 3.8) is 0 Å². The molecule has 0 bridgehead atoms. The lowest BCUT2D eigenvalue weighted by molar-refractivity contribution is -0.139. The van der Waals surface area contributed by atoms with Gasteiger partial charge in [0.15, 0.2) is 0 Å². The first-order valence-electron chi connectivity index (χ1n) is 9.74. The maximum absolute atomic E-state index is 13.0. The molecule has 0 radical (unpaired) electrons. The van der Waals surface area contributed by atoms with Crippen LogP contribution < -0.4 is 5.32 Å². The van der Waals surface area contributed by atoms with Crippen LogP contribution in [0.25, 0.3) is 0 Å². The molecule has 1 N–H and O–H groups in total. The van der Waals surface area contributed by atoms with Gasteiger partial charge in [-0.05, 0) is 57.0 Å². The molecule has 30 heavy (non-hydrogen) atoms. The number of nitrogens with zero attached hydrogens (tertiary/aromatic N) is 1. The van der Waals surface area contributed by atoms with Crippen LogP contribution in [0.1, 0.15) is 38.8 Å². The lowest BCUT2D eigenvalue weighted by Crippen LogP contribution is -2.52. The summed E-state index contributed by atoms with van der Waals surface area (Å²) in [5, 5.41) is 3.49. The molecule has 0 aliphatic carbocycles. The first-order valence-corrected chi connectivity index (χ1v) is 11.3. The molecular formula is C23H28ClFN2O2S. The fourth-order valence-electron chi connectivity index (χ4n) is 2.79. The minimum absolute atomic E-state index is 0.154. The molecule has 0 unspecified atom stereocenters. The second-order valence-corrected chi connectivity index (χ2v) is 9.54. The van der Waals surface area contributed by atoms with Gasteiger partial charge < -0.3 is 10.2 Å². The predicted molar refractivity (Wildman–Crippen MR) is 122 cm³/mol. The highest BCUT2D eigenvalue weighted by atomic mass is 35.5. The first kappa shape index (κ1) is 24.2. The second-order valence-electron chi connectivity index (χ2n) is 8.15. The number of amides is 2. The Balaban J connectivity index is 2.10. The van der Waals surface area contributed by atoms with Gasteiger partial charge in [0.25, 0.3) is 0 Å². The molecule has 2 rings (SSSR count). The molecule has 0 aromatic heterocycles. The van der Waals surface area contributed by atoms with Crippen molar-refractivity contribution >= 4 is 35.2 Å². The quantitative estimate of drug-likeness (QED) is 0.612. The maximum atomic E-state index is 13.0. The predicted octanol–water partition coefficient (Wildman–Crippen LogP) is 5.04. The summed E-state index contributed by atoms with van der Waals surface area (Å²) in [6.45, 7) is 7.66. The minimum Gasteiger partial charge on any atom is -0.350 e. The van der Waals surface area contributed by atoms with Crippen molar-refractivity contribution in [3.05, 3.63) is 70.5 Å². The fraction of sp³-hybridized carbons (Fsp3) is 0.391. The normalized spacial score (nSPS) is 12.3. The summed E-state index contributed by atoms with van der Waals surface area (Å²) < 4.78 is 13.0. The number of thioether (sulfide) groups is 1. The SMILES string of the molecule is C[C@H](C(=O)NC(C)(C)C)N(Cc1ccccc1Cl)C(=O)CSCc1ccc(F)cc1. The molecule has 4 nitrogen and oxygen atoms in total. The number of halogens is 2. The van der Waals surface area contributed by atoms with Crippen molar-refractivity contribution in [2.75, 3.05) is 5.75 Å². The van der Waals surface area contributed by atoms with E-state index in [4.69, 9.17) is 11.6 Å². The Kier molecular flexibility index (Phi) is 8.74. The van der Waals surface area contributed by atoms with E-state index >= 15 is 0 Å². The van der Waals surface area contributed by atoms with Gasteiger partial charge in [0.1, 0.15) is 11.9 Å². The van der Waals surface area contributed by atoms with E-state index in [-0.39, 0.29) is 29.9 Å². The summed E-state index contributed by atoms with van der Waals surface area (Å²) in [6.07, 6.45) is 0. The van der Waals surface area contributed by atoms with Crippen LogP contribution in [0.4, 0.5) is 4.39 Å². The molecule has 7 heteroatoms. The topological polar surface area (TPSA) is 49.4 Å². The van der Waals surface area contributed by atoms with Crippen LogP contribution in [0.5, 0.6) is 0 Å². The largest absolute Gasteiger partial charge is 0.350 e. The molecule has 1 atom stereocenters. The Bertz CT molecular complexity index is 868. The van der Waals surface area contributed by atoms with Crippen molar-refractivity contribution in [1.29, 1.82) is 0 Å². The van der Waals surface area contributed by atoms with Crippen molar-refractivity contribution in [2.45, 2.75) is 51.6 Å². The van der Waals surface area contributed by atoms with E-state index in [2.05, 4.69) is 5.32 Å². The van der Waals surface area contributed by atoms with Gasteiger partial charge in [-0.25, -0.2) is 4.39 Å². The Labute approximate surface area is 187 Å². The average Bonchev–Trinajstić information content (AvgIpc) is 2.67. The number of benzene rings is 2. The Morgan fingerprint density at radius 3 is 2.37 bits per heavy atom.